The largest absolute Gasteiger partial charge is 0.487 e. The minimum Gasteiger partial charge on any atom is -0.487 e. The van der Waals surface area contributed by atoms with Gasteiger partial charge in [-0.1, -0.05) is 6.92 Å². The number of fused-ring (bicyclic) bond motifs is 1. The fourth-order valence-corrected chi connectivity index (χ4v) is 3.18. The third-order valence-electron chi connectivity index (χ3n) is 5.07. The molecule has 0 saturated heterocycles. The number of ether oxygens (including phenoxy) is 3. The topological polar surface area (TPSA) is 89.2 Å². The summed E-state index contributed by atoms with van der Waals surface area (Å²) in [6.07, 6.45) is 4.12. The molecule has 160 valence electrons. The van der Waals surface area contributed by atoms with E-state index in [4.69, 9.17) is 9.47 Å². The smallest absolute Gasteiger partial charge is 0.387 e. The highest BCUT2D eigenvalue weighted by molar-refractivity contribution is 5.89. The zero-order valence-corrected chi connectivity index (χ0v) is 16.7. The highest BCUT2D eigenvalue weighted by atomic mass is 19.3. The Labute approximate surface area is 171 Å². The first-order valence-electron chi connectivity index (χ1n) is 9.92. The molecule has 2 aromatic heterocycles. The van der Waals surface area contributed by atoms with Gasteiger partial charge in [-0.3, -0.25) is 4.79 Å². The quantitative estimate of drug-likeness (QED) is 0.537. The van der Waals surface area contributed by atoms with Gasteiger partial charge in [0, 0.05) is 11.1 Å². The molecular formula is C21H23F2N3O4. The van der Waals surface area contributed by atoms with Crippen molar-refractivity contribution in [2.45, 2.75) is 58.5 Å². The number of hydrogen-bond donors (Lipinski definition) is 2. The molecule has 1 atom stereocenters. The number of hydrogen-bond acceptors (Lipinski definition) is 5. The fourth-order valence-electron chi connectivity index (χ4n) is 3.18. The molecule has 9 heteroatoms. The van der Waals surface area contributed by atoms with Crippen molar-refractivity contribution in [3.8, 4) is 22.8 Å². The Kier molecular flexibility index (Phi) is 5.72. The zero-order chi connectivity index (χ0) is 21.3. The Morgan fingerprint density at radius 2 is 2.07 bits per heavy atom. The average Bonchev–Trinajstić information content (AvgIpc) is 3.45. The SMILES string of the molecule is CCC(C)OCc1c(-c2ccc(OC(F)F)c(OC3CC3)c2)[nH]c2cn[nH]c(=O)c12. The van der Waals surface area contributed by atoms with Crippen molar-refractivity contribution < 1.29 is 23.0 Å². The zero-order valence-electron chi connectivity index (χ0n) is 16.7. The number of nitrogens with one attached hydrogen (secondary N) is 2. The van der Waals surface area contributed by atoms with E-state index in [1.807, 2.05) is 13.8 Å². The lowest BCUT2D eigenvalue weighted by atomic mass is 10.1. The van der Waals surface area contributed by atoms with Gasteiger partial charge in [0.05, 0.1) is 41.6 Å². The Bertz CT molecular complexity index is 1090. The van der Waals surface area contributed by atoms with Crippen LogP contribution < -0.4 is 15.0 Å². The molecule has 0 radical (unpaired) electrons. The Morgan fingerprint density at radius 1 is 1.27 bits per heavy atom. The maximum absolute atomic E-state index is 12.8. The van der Waals surface area contributed by atoms with Gasteiger partial charge >= 0.3 is 6.61 Å². The molecule has 3 aromatic rings. The lowest BCUT2D eigenvalue weighted by Crippen LogP contribution is -2.11. The molecule has 0 aliphatic heterocycles. The van der Waals surface area contributed by atoms with Crippen molar-refractivity contribution >= 4 is 10.9 Å². The van der Waals surface area contributed by atoms with Crippen LogP contribution in [0, 0.1) is 0 Å². The van der Waals surface area contributed by atoms with Crippen LogP contribution in [0.5, 0.6) is 11.5 Å². The predicted molar refractivity (Wildman–Crippen MR) is 107 cm³/mol. The van der Waals surface area contributed by atoms with Crippen LogP contribution in [0.2, 0.25) is 0 Å². The molecule has 1 saturated carbocycles. The van der Waals surface area contributed by atoms with Gasteiger partial charge in [-0.2, -0.15) is 13.9 Å². The van der Waals surface area contributed by atoms with E-state index in [0.29, 0.717) is 27.7 Å². The van der Waals surface area contributed by atoms with Crippen LogP contribution in [0.3, 0.4) is 0 Å². The minimum atomic E-state index is -2.95. The third kappa shape index (κ3) is 4.30. The van der Waals surface area contributed by atoms with Crippen LogP contribution in [-0.2, 0) is 11.3 Å². The Balaban J connectivity index is 1.79. The molecule has 1 fully saturated rings. The summed E-state index contributed by atoms with van der Waals surface area (Å²) >= 11 is 0. The normalized spacial score (nSPS) is 15.0. The van der Waals surface area contributed by atoms with Gasteiger partial charge in [-0.25, -0.2) is 5.10 Å². The van der Waals surface area contributed by atoms with E-state index in [1.165, 1.54) is 12.3 Å². The molecule has 0 amide bonds. The van der Waals surface area contributed by atoms with Crippen molar-refractivity contribution in [2.75, 3.05) is 0 Å². The second-order valence-corrected chi connectivity index (χ2v) is 7.35. The summed E-state index contributed by atoms with van der Waals surface area (Å²) in [7, 11) is 0. The molecular weight excluding hydrogens is 396 g/mol. The molecule has 0 bridgehead atoms. The number of rotatable bonds is 9. The number of halogens is 2. The van der Waals surface area contributed by atoms with Crippen LogP contribution >= 0.6 is 0 Å². The van der Waals surface area contributed by atoms with Crippen molar-refractivity contribution in [3.63, 3.8) is 0 Å². The third-order valence-corrected chi connectivity index (χ3v) is 5.07. The van der Waals surface area contributed by atoms with Gasteiger partial charge in [-0.05, 0) is 44.4 Å². The minimum absolute atomic E-state index is 0.00300. The number of aromatic nitrogens is 3. The average molecular weight is 419 g/mol. The second kappa shape index (κ2) is 8.43. The van der Waals surface area contributed by atoms with E-state index in [0.717, 1.165) is 19.3 Å². The van der Waals surface area contributed by atoms with Crippen LogP contribution in [0.4, 0.5) is 8.78 Å². The number of nitrogens with zero attached hydrogens (tertiary/aromatic N) is 1. The summed E-state index contributed by atoms with van der Waals surface area (Å²) in [6.45, 7) is 1.24. The van der Waals surface area contributed by atoms with Crippen LogP contribution in [0.15, 0.2) is 29.2 Å². The number of alkyl halides is 2. The van der Waals surface area contributed by atoms with E-state index in [9.17, 15) is 13.6 Å². The van der Waals surface area contributed by atoms with Gasteiger partial charge in [-0.15, -0.1) is 0 Å². The molecule has 2 heterocycles. The first-order chi connectivity index (χ1) is 14.5. The summed E-state index contributed by atoms with van der Waals surface area (Å²) in [5, 5.41) is 6.75. The van der Waals surface area contributed by atoms with Crippen LogP contribution in [-0.4, -0.2) is 34.0 Å². The van der Waals surface area contributed by atoms with Crippen LogP contribution in [0.25, 0.3) is 22.2 Å². The van der Waals surface area contributed by atoms with E-state index < -0.39 is 6.61 Å². The van der Waals surface area contributed by atoms with Crippen molar-refractivity contribution in [2.24, 2.45) is 0 Å². The molecule has 7 nitrogen and oxygen atoms in total. The van der Waals surface area contributed by atoms with E-state index in [1.54, 1.807) is 12.1 Å². The predicted octanol–water partition coefficient (Wildman–Crippen LogP) is 4.38. The fraction of sp³-hybridized carbons (Fsp3) is 0.429. The molecule has 1 aliphatic rings. The Hall–Kier alpha value is -2.94. The van der Waals surface area contributed by atoms with E-state index in [-0.39, 0.29) is 35.9 Å². The summed E-state index contributed by atoms with van der Waals surface area (Å²) in [5.74, 6) is 0.225. The summed E-state index contributed by atoms with van der Waals surface area (Å²) < 4.78 is 41.9. The first-order valence-corrected chi connectivity index (χ1v) is 9.92. The molecule has 1 unspecified atom stereocenters. The monoisotopic (exact) mass is 419 g/mol. The van der Waals surface area contributed by atoms with Crippen LogP contribution in [0.1, 0.15) is 38.7 Å². The van der Waals surface area contributed by atoms with Crippen molar-refractivity contribution in [1.82, 2.24) is 15.2 Å². The van der Waals surface area contributed by atoms with E-state index in [2.05, 4.69) is 19.9 Å². The molecule has 30 heavy (non-hydrogen) atoms. The molecule has 1 aliphatic carbocycles. The van der Waals surface area contributed by atoms with Gasteiger partial charge in [0.2, 0.25) is 0 Å². The van der Waals surface area contributed by atoms with Gasteiger partial charge in [0.25, 0.3) is 5.56 Å². The van der Waals surface area contributed by atoms with Gasteiger partial charge in [0.1, 0.15) is 0 Å². The van der Waals surface area contributed by atoms with E-state index >= 15 is 0 Å². The highest BCUT2D eigenvalue weighted by Gasteiger charge is 2.26. The maximum Gasteiger partial charge on any atom is 0.387 e. The molecule has 4 rings (SSSR count). The first kappa shape index (κ1) is 20.3. The molecule has 2 N–H and O–H groups in total. The number of H-pyrrole nitrogens is 2. The van der Waals surface area contributed by atoms with Crippen molar-refractivity contribution in [1.29, 1.82) is 0 Å². The summed E-state index contributed by atoms with van der Waals surface area (Å²) in [4.78, 5) is 15.6. The summed E-state index contributed by atoms with van der Waals surface area (Å²) in [5.41, 5.74) is 2.23. The summed E-state index contributed by atoms with van der Waals surface area (Å²) in [6, 6.07) is 4.75. The number of aromatic amines is 2. The lowest BCUT2D eigenvalue weighted by molar-refractivity contribution is -0.0516. The Morgan fingerprint density at radius 3 is 2.77 bits per heavy atom. The maximum atomic E-state index is 12.8. The van der Waals surface area contributed by atoms with Gasteiger partial charge in [0.15, 0.2) is 11.5 Å². The lowest BCUT2D eigenvalue weighted by Gasteiger charge is -2.14. The highest BCUT2D eigenvalue weighted by Crippen LogP contribution is 2.39. The van der Waals surface area contributed by atoms with Gasteiger partial charge < -0.3 is 19.2 Å². The second-order valence-electron chi connectivity index (χ2n) is 7.35. The molecule has 0 spiro atoms. The standard InChI is InChI=1S/C21H23F2N3O4/c1-3-11(2)28-10-14-18-15(9-24-26-20(18)27)25-19(14)12-4-7-16(30-21(22)23)17(8-12)29-13-5-6-13/h4,7-9,11,13,21,25H,3,5-6,10H2,1-2H3,(H,26,27). The molecule has 1 aromatic carbocycles. The number of benzene rings is 1. The van der Waals surface area contributed by atoms with Crippen molar-refractivity contribution in [3.05, 3.63) is 40.3 Å².